The molecule has 36 heavy (non-hydrogen) atoms. The molecule has 0 aromatic heterocycles. The topological polar surface area (TPSA) is 129 Å². The van der Waals surface area contributed by atoms with Gasteiger partial charge in [-0.25, -0.2) is 17.6 Å². The van der Waals surface area contributed by atoms with Crippen molar-refractivity contribution in [3.8, 4) is 17.2 Å². The van der Waals surface area contributed by atoms with Crippen LogP contribution in [-0.4, -0.2) is 48.7 Å². The first-order valence-electron chi connectivity index (χ1n) is 10.3. The Kier molecular flexibility index (Phi) is 8.00. The molecule has 0 aliphatic rings. The van der Waals surface area contributed by atoms with Crippen molar-refractivity contribution in [2.75, 3.05) is 38.5 Å². The normalized spacial score (nSPS) is 10.8. The average molecular weight is 519 g/mol. The predicted molar refractivity (Wildman–Crippen MR) is 129 cm³/mol. The van der Waals surface area contributed by atoms with E-state index in [9.17, 15) is 22.4 Å². The lowest BCUT2D eigenvalue weighted by atomic mass is 10.1. The maximum atomic E-state index is 14.0. The number of halogens is 1. The number of rotatable bonds is 9. The maximum Gasteiger partial charge on any atom is 0.340 e. The Balaban J connectivity index is 2.01. The van der Waals surface area contributed by atoms with Gasteiger partial charge >= 0.3 is 5.97 Å². The van der Waals surface area contributed by atoms with E-state index >= 15 is 0 Å². The van der Waals surface area contributed by atoms with Crippen molar-refractivity contribution in [2.24, 2.45) is 0 Å². The van der Waals surface area contributed by atoms with Gasteiger partial charge in [-0.1, -0.05) is 12.1 Å². The van der Waals surface area contributed by atoms with Crippen LogP contribution < -0.4 is 24.2 Å². The number of carbonyl (C=O) groups is 2. The van der Waals surface area contributed by atoms with Gasteiger partial charge in [0.1, 0.15) is 11.6 Å². The van der Waals surface area contributed by atoms with Crippen LogP contribution in [0.1, 0.15) is 20.7 Å². The number of ether oxygens (including phenoxy) is 4. The van der Waals surface area contributed by atoms with Crippen LogP contribution in [0.5, 0.6) is 17.2 Å². The minimum absolute atomic E-state index is 0.0193. The maximum absolute atomic E-state index is 14.0. The number of amides is 1. The van der Waals surface area contributed by atoms with E-state index in [4.69, 9.17) is 18.9 Å². The largest absolute Gasteiger partial charge is 0.495 e. The molecule has 1 amide bonds. The first kappa shape index (κ1) is 26.3. The summed E-state index contributed by atoms with van der Waals surface area (Å²) in [5.74, 6) is -1.88. The zero-order chi connectivity index (χ0) is 26.5. The van der Waals surface area contributed by atoms with Gasteiger partial charge in [0.25, 0.3) is 15.9 Å². The first-order chi connectivity index (χ1) is 17.1. The van der Waals surface area contributed by atoms with Crippen molar-refractivity contribution in [3.05, 3.63) is 71.5 Å². The van der Waals surface area contributed by atoms with E-state index in [2.05, 4.69) is 10.0 Å². The van der Waals surface area contributed by atoms with Crippen molar-refractivity contribution >= 4 is 33.3 Å². The highest BCUT2D eigenvalue weighted by Crippen LogP contribution is 2.35. The molecule has 10 nitrogen and oxygen atoms in total. The van der Waals surface area contributed by atoms with Gasteiger partial charge in [-0.05, 0) is 30.3 Å². The summed E-state index contributed by atoms with van der Waals surface area (Å²) in [6.07, 6.45) is 0. The second-order valence-corrected chi connectivity index (χ2v) is 8.83. The lowest BCUT2D eigenvalue weighted by Gasteiger charge is -2.16. The minimum atomic E-state index is -4.31. The summed E-state index contributed by atoms with van der Waals surface area (Å²) in [5.41, 5.74) is -0.513. The van der Waals surface area contributed by atoms with E-state index in [1.807, 2.05) is 0 Å². The highest BCUT2D eigenvalue weighted by atomic mass is 32.2. The second kappa shape index (κ2) is 11.0. The van der Waals surface area contributed by atoms with E-state index in [0.29, 0.717) is 0 Å². The third-order valence-corrected chi connectivity index (χ3v) is 6.38. The molecule has 190 valence electrons. The fraction of sp³-hybridized carbons (Fsp3) is 0.167. The van der Waals surface area contributed by atoms with Gasteiger partial charge in [0.05, 0.1) is 55.8 Å². The molecule has 0 spiro atoms. The van der Waals surface area contributed by atoms with Gasteiger partial charge in [-0.15, -0.1) is 0 Å². The summed E-state index contributed by atoms with van der Waals surface area (Å²) < 4.78 is 63.1. The predicted octanol–water partition coefficient (Wildman–Crippen LogP) is 3.69. The van der Waals surface area contributed by atoms with Crippen molar-refractivity contribution < 1.29 is 41.3 Å². The van der Waals surface area contributed by atoms with Gasteiger partial charge in [0, 0.05) is 12.1 Å². The van der Waals surface area contributed by atoms with Gasteiger partial charge in [0.15, 0.2) is 11.5 Å². The summed E-state index contributed by atoms with van der Waals surface area (Å²) in [6, 6.07) is 11.6. The first-order valence-corrected chi connectivity index (χ1v) is 11.7. The van der Waals surface area contributed by atoms with Crippen molar-refractivity contribution in [3.63, 3.8) is 0 Å². The zero-order valence-electron chi connectivity index (χ0n) is 19.7. The fourth-order valence-corrected chi connectivity index (χ4v) is 4.33. The molecule has 0 saturated carbocycles. The van der Waals surface area contributed by atoms with Crippen LogP contribution in [0.4, 0.5) is 15.8 Å². The quantitative estimate of drug-likeness (QED) is 0.411. The van der Waals surface area contributed by atoms with Gasteiger partial charge in [-0.2, -0.15) is 0 Å². The molecular formula is C24H23FN2O8S. The monoisotopic (exact) mass is 518 g/mol. The number of nitrogens with one attached hydrogen (secondary N) is 2. The minimum Gasteiger partial charge on any atom is -0.495 e. The molecule has 0 heterocycles. The van der Waals surface area contributed by atoms with E-state index < -0.39 is 27.7 Å². The van der Waals surface area contributed by atoms with E-state index in [0.717, 1.165) is 19.2 Å². The smallest absolute Gasteiger partial charge is 0.340 e. The molecule has 0 saturated heterocycles. The molecule has 12 heteroatoms. The Morgan fingerprint density at radius 1 is 0.778 bits per heavy atom. The van der Waals surface area contributed by atoms with Crippen molar-refractivity contribution in [1.29, 1.82) is 0 Å². The van der Waals surface area contributed by atoms with Gasteiger partial charge < -0.3 is 24.3 Å². The molecule has 0 aliphatic heterocycles. The van der Waals surface area contributed by atoms with Gasteiger partial charge in [0.2, 0.25) is 0 Å². The van der Waals surface area contributed by atoms with Crippen molar-refractivity contribution in [2.45, 2.75) is 4.90 Å². The Labute approximate surface area is 207 Å². The number of methoxy groups -OCH3 is 4. The Bertz CT molecular complexity index is 1410. The Hall–Kier alpha value is -4.32. The number of esters is 1. The summed E-state index contributed by atoms with van der Waals surface area (Å²) in [5, 5.41) is 2.46. The van der Waals surface area contributed by atoms with Crippen LogP contribution in [0.25, 0.3) is 0 Å². The molecule has 2 N–H and O–H groups in total. The van der Waals surface area contributed by atoms with Crippen molar-refractivity contribution in [1.82, 2.24) is 0 Å². The summed E-state index contributed by atoms with van der Waals surface area (Å²) >= 11 is 0. The number of hydrogen-bond donors (Lipinski definition) is 2. The highest BCUT2D eigenvalue weighted by molar-refractivity contribution is 7.92. The Morgan fingerprint density at radius 3 is 2.03 bits per heavy atom. The van der Waals surface area contributed by atoms with Crippen LogP contribution in [0.15, 0.2) is 59.5 Å². The van der Waals surface area contributed by atoms with E-state index in [1.54, 1.807) is 0 Å². The van der Waals surface area contributed by atoms with E-state index in [-0.39, 0.29) is 44.6 Å². The third kappa shape index (κ3) is 5.49. The van der Waals surface area contributed by atoms with E-state index in [1.165, 1.54) is 63.8 Å². The highest BCUT2D eigenvalue weighted by Gasteiger charge is 2.24. The molecular weight excluding hydrogens is 495 g/mol. The molecule has 0 bridgehead atoms. The van der Waals surface area contributed by atoms with Gasteiger partial charge in [-0.3, -0.25) is 9.52 Å². The number of benzene rings is 3. The molecule has 3 aromatic carbocycles. The fourth-order valence-electron chi connectivity index (χ4n) is 3.23. The molecule has 0 fully saturated rings. The van der Waals surface area contributed by atoms with Crippen LogP contribution in [0, 0.1) is 5.82 Å². The zero-order valence-corrected chi connectivity index (χ0v) is 20.6. The molecule has 0 radical (unpaired) electrons. The van der Waals surface area contributed by atoms with Crippen LogP contribution in [-0.2, 0) is 14.8 Å². The number of carbonyl (C=O) groups excluding carboxylic acids is 2. The molecule has 3 aromatic rings. The standard InChI is InChI=1S/C24H23FN2O8S/c1-32-20-10-9-14(11-19(20)26-23(28)15-7-5-6-8-17(15)25)36(30,31)27-18-13-22(34-3)21(33-2)12-16(18)24(29)35-4/h5-13,27H,1-4H3,(H,26,28). The molecule has 0 atom stereocenters. The summed E-state index contributed by atoms with van der Waals surface area (Å²) in [6.45, 7) is 0. The lowest BCUT2D eigenvalue weighted by molar-refractivity contribution is 0.0601. The number of sulfonamides is 1. The molecule has 3 rings (SSSR count). The number of hydrogen-bond acceptors (Lipinski definition) is 8. The third-order valence-electron chi connectivity index (χ3n) is 5.02. The SMILES string of the molecule is COC(=O)c1cc(OC)c(OC)cc1NS(=O)(=O)c1ccc(OC)c(NC(=O)c2ccccc2F)c1. The van der Waals surface area contributed by atoms with Crippen LogP contribution in [0.2, 0.25) is 0 Å². The number of anilines is 2. The lowest BCUT2D eigenvalue weighted by Crippen LogP contribution is -2.18. The summed E-state index contributed by atoms with van der Waals surface area (Å²) in [7, 11) is 0.865. The van der Waals surface area contributed by atoms with Crippen LogP contribution >= 0.6 is 0 Å². The second-order valence-electron chi connectivity index (χ2n) is 7.15. The summed E-state index contributed by atoms with van der Waals surface area (Å²) in [4.78, 5) is 24.6. The Morgan fingerprint density at radius 2 is 1.42 bits per heavy atom. The average Bonchev–Trinajstić information content (AvgIpc) is 2.87. The molecule has 0 unspecified atom stereocenters. The van der Waals surface area contributed by atoms with Crippen LogP contribution in [0.3, 0.4) is 0 Å². The molecule has 0 aliphatic carbocycles.